The van der Waals surface area contributed by atoms with Crippen LogP contribution in [0, 0.1) is 0 Å². The fraction of sp³-hybridized carbons (Fsp3) is 0.538. The van der Waals surface area contributed by atoms with Crippen LogP contribution >= 0.6 is 15.9 Å². The molecule has 2 aliphatic heterocycles. The van der Waals surface area contributed by atoms with Crippen LogP contribution in [0.2, 0.25) is 0 Å². The molecule has 2 aliphatic rings. The molecular formula is C26H36BBrN4O6. The fourth-order valence-corrected chi connectivity index (χ4v) is 4.48. The summed E-state index contributed by atoms with van der Waals surface area (Å²) < 4.78 is 11.7. The molecule has 0 bridgehead atoms. The van der Waals surface area contributed by atoms with Gasteiger partial charge in [-0.3, -0.25) is 9.80 Å². The number of amides is 2. The van der Waals surface area contributed by atoms with Gasteiger partial charge in [0.1, 0.15) is 22.8 Å². The molecule has 0 saturated heterocycles. The molecule has 38 heavy (non-hydrogen) atoms. The van der Waals surface area contributed by atoms with Crippen LogP contribution in [-0.2, 0) is 9.47 Å². The first kappa shape index (κ1) is 29.9. The number of halogens is 1. The van der Waals surface area contributed by atoms with E-state index in [0.29, 0.717) is 30.2 Å². The second kappa shape index (κ2) is 11.2. The lowest BCUT2D eigenvalue weighted by atomic mass is 9.80. The first-order valence-electron chi connectivity index (χ1n) is 12.5. The Balaban J connectivity index is 0.000000212. The third-order valence-corrected chi connectivity index (χ3v) is 6.22. The Hall–Kier alpha value is -2.70. The van der Waals surface area contributed by atoms with Crippen molar-refractivity contribution in [3.8, 4) is 0 Å². The molecule has 2 aromatic rings. The van der Waals surface area contributed by atoms with E-state index in [1.807, 2.05) is 54.5 Å². The van der Waals surface area contributed by atoms with Gasteiger partial charge in [0.15, 0.2) is 0 Å². The summed E-state index contributed by atoms with van der Waals surface area (Å²) >= 11 is 3.40. The molecule has 206 valence electrons. The van der Waals surface area contributed by atoms with Crippen molar-refractivity contribution < 1.29 is 29.1 Å². The van der Waals surface area contributed by atoms with Crippen molar-refractivity contribution in [1.29, 1.82) is 0 Å². The Labute approximate surface area is 232 Å². The van der Waals surface area contributed by atoms with Gasteiger partial charge in [-0.05, 0) is 69.1 Å². The van der Waals surface area contributed by atoms with Gasteiger partial charge in [-0.2, -0.15) is 0 Å². The maximum atomic E-state index is 12.2. The topological polar surface area (TPSA) is 125 Å². The number of pyridine rings is 2. The molecule has 4 rings (SSSR count). The number of hydrogen-bond donors (Lipinski definition) is 2. The van der Waals surface area contributed by atoms with Gasteiger partial charge < -0.3 is 19.5 Å². The molecule has 4 heterocycles. The van der Waals surface area contributed by atoms with Gasteiger partial charge in [-0.25, -0.2) is 19.6 Å². The van der Waals surface area contributed by atoms with E-state index in [0.717, 1.165) is 15.6 Å². The number of ether oxygens (including phenoxy) is 2. The third-order valence-electron chi connectivity index (χ3n) is 5.79. The van der Waals surface area contributed by atoms with Crippen LogP contribution in [-0.4, -0.2) is 63.6 Å². The van der Waals surface area contributed by atoms with Crippen LogP contribution in [0.25, 0.3) is 0 Å². The van der Waals surface area contributed by atoms with Crippen molar-refractivity contribution in [1.82, 2.24) is 9.97 Å². The number of carbonyl (C=O) groups excluding carboxylic acids is 2. The Morgan fingerprint density at radius 1 is 0.868 bits per heavy atom. The van der Waals surface area contributed by atoms with Crippen molar-refractivity contribution >= 4 is 52.3 Å². The molecule has 10 nitrogen and oxygen atoms in total. The van der Waals surface area contributed by atoms with Crippen molar-refractivity contribution in [2.45, 2.75) is 78.4 Å². The number of hydrogen-bond acceptors (Lipinski definition) is 8. The standard InChI is InChI=1S/C13H19BN2O4.C13H17BrN2O2/c1-8-7-16(12(17)20-13(2,3)4)11-10(8)5-9(6-15-11)14(18)19;1-8-7-16(12(17)18-13(2,3)4)11-10(8)5-9(14)6-15-11/h5-6,8,18-19H,7H2,1-4H3;5-6,8H,7H2,1-4H3. The van der Waals surface area contributed by atoms with Gasteiger partial charge >= 0.3 is 19.3 Å². The first-order valence-corrected chi connectivity index (χ1v) is 13.3. The maximum absolute atomic E-state index is 12.2. The third kappa shape index (κ3) is 7.24. The Morgan fingerprint density at radius 3 is 1.71 bits per heavy atom. The molecule has 0 radical (unpaired) electrons. The SMILES string of the molecule is CC1CN(C(=O)OC(C)(C)C)c2ncc(B(O)O)cc21.CC1CN(C(=O)OC(C)(C)C)c2ncc(Br)cc21. The zero-order chi connectivity index (χ0) is 28.6. The summed E-state index contributed by atoms with van der Waals surface area (Å²) in [5.41, 5.74) is 1.17. The number of fused-ring (bicyclic) bond motifs is 2. The van der Waals surface area contributed by atoms with E-state index >= 15 is 0 Å². The molecule has 2 unspecified atom stereocenters. The summed E-state index contributed by atoms with van der Waals surface area (Å²) in [5, 5.41) is 18.4. The van der Waals surface area contributed by atoms with E-state index in [-0.39, 0.29) is 17.9 Å². The number of carbonyl (C=O) groups is 2. The van der Waals surface area contributed by atoms with Gasteiger partial charge in [0.25, 0.3) is 0 Å². The van der Waals surface area contributed by atoms with E-state index in [9.17, 15) is 19.6 Å². The molecule has 2 amide bonds. The molecule has 0 fully saturated rings. The minimum absolute atomic E-state index is 0.0729. The maximum Gasteiger partial charge on any atom is 0.490 e. The van der Waals surface area contributed by atoms with Crippen LogP contribution in [0.5, 0.6) is 0 Å². The molecule has 2 aromatic heterocycles. The average Bonchev–Trinajstić information content (AvgIpc) is 3.28. The van der Waals surface area contributed by atoms with Crippen molar-refractivity contribution in [2.75, 3.05) is 22.9 Å². The monoisotopic (exact) mass is 590 g/mol. The zero-order valence-corrected chi connectivity index (χ0v) is 24.7. The number of aromatic nitrogens is 2. The smallest absolute Gasteiger partial charge is 0.443 e. The normalized spacial score (nSPS) is 18.3. The van der Waals surface area contributed by atoms with Gasteiger partial charge in [0.2, 0.25) is 0 Å². The lowest BCUT2D eigenvalue weighted by molar-refractivity contribution is 0.0570. The highest BCUT2D eigenvalue weighted by Gasteiger charge is 2.35. The van der Waals surface area contributed by atoms with Crippen LogP contribution in [0.15, 0.2) is 29.0 Å². The molecule has 0 aliphatic carbocycles. The van der Waals surface area contributed by atoms with Crippen molar-refractivity contribution in [2.24, 2.45) is 0 Å². The molecule has 12 heteroatoms. The Morgan fingerprint density at radius 2 is 1.29 bits per heavy atom. The molecule has 2 atom stereocenters. The van der Waals surface area contributed by atoms with Gasteiger partial charge in [-0.1, -0.05) is 19.9 Å². The predicted octanol–water partition coefficient (Wildman–Crippen LogP) is 4.32. The summed E-state index contributed by atoms with van der Waals surface area (Å²) in [6.45, 7) is 16.1. The summed E-state index contributed by atoms with van der Waals surface area (Å²) in [5.74, 6) is 1.58. The predicted molar refractivity (Wildman–Crippen MR) is 150 cm³/mol. The molecule has 0 aromatic carbocycles. The summed E-state index contributed by atoms with van der Waals surface area (Å²) in [4.78, 5) is 35.8. The van der Waals surface area contributed by atoms with Crippen molar-refractivity contribution in [3.05, 3.63) is 40.1 Å². The van der Waals surface area contributed by atoms with E-state index in [4.69, 9.17) is 9.47 Å². The quantitative estimate of drug-likeness (QED) is 0.470. The van der Waals surface area contributed by atoms with Gasteiger partial charge in [0, 0.05) is 52.8 Å². The van der Waals surface area contributed by atoms with E-state index < -0.39 is 24.4 Å². The van der Waals surface area contributed by atoms with E-state index in [1.165, 1.54) is 11.1 Å². The summed E-state index contributed by atoms with van der Waals surface area (Å²) in [7, 11) is -1.56. The highest BCUT2D eigenvalue weighted by molar-refractivity contribution is 9.10. The van der Waals surface area contributed by atoms with E-state index in [1.54, 1.807) is 17.2 Å². The number of nitrogens with zero attached hydrogens (tertiary/aromatic N) is 4. The molecule has 2 N–H and O–H groups in total. The second-order valence-corrected chi connectivity index (χ2v) is 12.5. The van der Waals surface area contributed by atoms with E-state index in [2.05, 4.69) is 32.8 Å². The summed E-state index contributed by atoms with van der Waals surface area (Å²) in [6, 6.07) is 3.68. The highest BCUT2D eigenvalue weighted by atomic mass is 79.9. The van der Waals surface area contributed by atoms with Crippen molar-refractivity contribution in [3.63, 3.8) is 0 Å². The molecule has 0 spiro atoms. The zero-order valence-electron chi connectivity index (χ0n) is 23.1. The van der Waals surface area contributed by atoms with Crippen LogP contribution in [0.4, 0.5) is 21.2 Å². The number of anilines is 2. The minimum atomic E-state index is -1.56. The Kier molecular flexibility index (Phi) is 8.79. The highest BCUT2D eigenvalue weighted by Crippen LogP contribution is 2.37. The molecule has 0 saturated carbocycles. The molecular weight excluding hydrogens is 555 g/mol. The van der Waals surface area contributed by atoms with Gasteiger partial charge in [-0.15, -0.1) is 0 Å². The van der Waals surface area contributed by atoms with Crippen LogP contribution in [0.1, 0.15) is 78.4 Å². The minimum Gasteiger partial charge on any atom is -0.443 e. The summed E-state index contributed by atoms with van der Waals surface area (Å²) in [6.07, 6.45) is 2.29. The second-order valence-electron chi connectivity index (χ2n) is 11.6. The average molecular weight is 591 g/mol. The fourth-order valence-electron chi connectivity index (χ4n) is 4.13. The number of rotatable bonds is 1. The van der Waals surface area contributed by atoms with Gasteiger partial charge in [0.05, 0.1) is 0 Å². The first-order chi connectivity index (χ1) is 17.5. The Bertz CT molecular complexity index is 1200. The van der Waals surface area contributed by atoms with Crippen LogP contribution in [0.3, 0.4) is 0 Å². The lowest BCUT2D eigenvalue weighted by Crippen LogP contribution is -2.36. The lowest BCUT2D eigenvalue weighted by Gasteiger charge is -2.24. The largest absolute Gasteiger partial charge is 0.490 e. The van der Waals surface area contributed by atoms with Crippen LogP contribution < -0.4 is 15.3 Å².